The number of urea groups is 1. The number of hydrogen-bond donors (Lipinski definition) is 4. The number of fused-ring (bicyclic) bond motifs is 1. The number of rotatable bonds is 10. The molecule has 0 bridgehead atoms. The molecule has 0 aromatic heterocycles. The summed E-state index contributed by atoms with van der Waals surface area (Å²) < 4.78 is 5.42. The SMILES string of the molecule is CCCCOC[C@H](NC(=O)c1cc2ccccc2cc1NC(=O)Nc1c(C)cc(C)cc1C)C(=O)O.O.[Li+].[OH-]. The zero-order chi connectivity index (χ0) is 26.2. The Kier molecular flexibility index (Phi) is 15.1. The summed E-state index contributed by atoms with van der Waals surface area (Å²) in [5, 5.41) is 19.4. The van der Waals surface area contributed by atoms with Gasteiger partial charge in [-0.1, -0.05) is 55.3 Å². The molecule has 0 unspecified atom stereocenters. The Labute approximate surface area is 240 Å². The van der Waals surface area contributed by atoms with Crippen LogP contribution in [0.1, 0.15) is 46.8 Å². The van der Waals surface area contributed by atoms with Crippen LogP contribution in [-0.4, -0.2) is 53.2 Å². The quantitative estimate of drug-likeness (QED) is 0.226. The summed E-state index contributed by atoms with van der Waals surface area (Å²) in [5.74, 6) is -1.82. The molecule has 206 valence electrons. The van der Waals surface area contributed by atoms with Crippen molar-refractivity contribution >= 4 is 40.1 Å². The summed E-state index contributed by atoms with van der Waals surface area (Å²) >= 11 is 0. The van der Waals surface area contributed by atoms with Crippen LogP contribution in [-0.2, 0) is 9.53 Å². The molecule has 10 nitrogen and oxygen atoms in total. The van der Waals surface area contributed by atoms with Crippen molar-refractivity contribution in [3.8, 4) is 0 Å². The zero-order valence-electron chi connectivity index (χ0n) is 23.1. The third-order valence-electron chi connectivity index (χ3n) is 5.82. The Balaban J connectivity index is 0.00000481. The fourth-order valence-corrected chi connectivity index (χ4v) is 4.03. The third kappa shape index (κ3) is 9.69. The molecular weight excluding hydrogens is 497 g/mol. The number of carbonyl (C=O) groups is 3. The summed E-state index contributed by atoms with van der Waals surface area (Å²) in [6, 6.07) is 13.0. The Hall–Kier alpha value is -3.39. The Morgan fingerprint density at radius 1 is 0.949 bits per heavy atom. The second-order valence-electron chi connectivity index (χ2n) is 8.89. The second kappa shape index (κ2) is 16.5. The zero-order valence-corrected chi connectivity index (χ0v) is 23.1. The van der Waals surface area contributed by atoms with Gasteiger partial charge in [0, 0.05) is 12.3 Å². The van der Waals surface area contributed by atoms with Crippen molar-refractivity contribution < 1.29 is 54.0 Å². The number of hydrogen-bond acceptors (Lipinski definition) is 5. The van der Waals surface area contributed by atoms with Crippen LogP contribution < -0.4 is 34.8 Å². The largest absolute Gasteiger partial charge is 1.00 e. The standard InChI is InChI=1S/C28H33N3O5.Li.2H2O/c1-5-6-11-36-16-24(27(33)34)29-26(32)22-14-20-9-7-8-10-21(20)15-23(22)30-28(35)31-25-18(3)12-17(2)13-19(25)4;;;/h7-10,12-15,24H,5-6,11,16H2,1-4H3,(H,29,32)(H,33,34)(H2,30,31,35);;2*1H2/q;+1;;/p-1/t24-;;;/m0.../s1. The summed E-state index contributed by atoms with van der Waals surface area (Å²) in [5.41, 5.74) is 4.05. The van der Waals surface area contributed by atoms with E-state index in [0.29, 0.717) is 12.3 Å². The van der Waals surface area contributed by atoms with Crippen LogP contribution in [0.15, 0.2) is 48.5 Å². The van der Waals surface area contributed by atoms with Crippen LogP contribution in [0.4, 0.5) is 16.2 Å². The van der Waals surface area contributed by atoms with E-state index in [1.165, 1.54) is 0 Å². The van der Waals surface area contributed by atoms with Crippen LogP contribution in [0.3, 0.4) is 0 Å². The van der Waals surface area contributed by atoms with Gasteiger partial charge in [0.1, 0.15) is 0 Å². The van der Waals surface area contributed by atoms with Gasteiger partial charge in [-0.25, -0.2) is 9.59 Å². The molecule has 39 heavy (non-hydrogen) atoms. The first-order valence-electron chi connectivity index (χ1n) is 12.0. The average molecular weight is 534 g/mol. The fourth-order valence-electron chi connectivity index (χ4n) is 4.03. The van der Waals surface area contributed by atoms with Crippen molar-refractivity contribution in [3.05, 3.63) is 70.8 Å². The topological polar surface area (TPSA) is 178 Å². The number of ether oxygens (including phenoxy) is 1. The van der Waals surface area contributed by atoms with Gasteiger partial charge in [-0.05, 0) is 61.2 Å². The molecule has 0 aliphatic heterocycles. The van der Waals surface area contributed by atoms with Crippen molar-refractivity contribution in [2.45, 2.75) is 46.6 Å². The predicted molar refractivity (Wildman–Crippen MR) is 147 cm³/mol. The molecule has 7 N–H and O–H groups in total. The van der Waals surface area contributed by atoms with E-state index < -0.39 is 23.9 Å². The molecule has 1 atom stereocenters. The van der Waals surface area contributed by atoms with E-state index in [1.54, 1.807) is 12.1 Å². The molecule has 3 aromatic carbocycles. The van der Waals surface area contributed by atoms with Gasteiger partial charge in [-0.15, -0.1) is 0 Å². The number of anilines is 2. The van der Waals surface area contributed by atoms with Crippen molar-refractivity contribution in [1.82, 2.24) is 5.32 Å². The molecule has 0 aliphatic rings. The van der Waals surface area contributed by atoms with Gasteiger partial charge in [0.05, 0.1) is 17.9 Å². The van der Waals surface area contributed by atoms with E-state index in [2.05, 4.69) is 16.0 Å². The number of carbonyl (C=O) groups excluding carboxylic acids is 2. The van der Waals surface area contributed by atoms with Crippen LogP contribution in [0, 0.1) is 20.8 Å². The molecule has 0 heterocycles. The van der Waals surface area contributed by atoms with Gasteiger partial charge >= 0.3 is 30.9 Å². The molecule has 3 aromatic rings. The number of carboxylic acids is 1. The molecule has 11 heteroatoms. The minimum atomic E-state index is -1.22. The Morgan fingerprint density at radius 3 is 2.10 bits per heavy atom. The number of benzene rings is 3. The number of nitrogens with one attached hydrogen (secondary N) is 3. The number of aryl methyl sites for hydroxylation is 3. The van der Waals surface area contributed by atoms with Crippen molar-refractivity contribution in [1.29, 1.82) is 0 Å². The van der Waals surface area contributed by atoms with E-state index in [1.807, 2.05) is 64.1 Å². The number of amides is 3. The van der Waals surface area contributed by atoms with Gasteiger partial charge in [0.2, 0.25) is 0 Å². The van der Waals surface area contributed by atoms with Crippen LogP contribution in [0.5, 0.6) is 0 Å². The summed E-state index contributed by atoms with van der Waals surface area (Å²) in [6.45, 7) is 8.09. The summed E-state index contributed by atoms with van der Waals surface area (Å²) in [6.07, 6.45) is 1.72. The minimum absolute atomic E-state index is 0. The van der Waals surface area contributed by atoms with E-state index in [4.69, 9.17) is 4.74 Å². The van der Waals surface area contributed by atoms with Gasteiger partial charge in [-0.2, -0.15) is 0 Å². The van der Waals surface area contributed by atoms with Crippen LogP contribution in [0.2, 0.25) is 0 Å². The van der Waals surface area contributed by atoms with Crippen LogP contribution in [0.25, 0.3) is 10.8 Å². The molecule has 0 aliphatic carbocycles. The fraction of sp³-hybridized carbons (Fsp3) is 0.321. The normalized spacial score (nSPS) is 10.8. The van der Waals surface area contributed by atoms with E-state index in [9.17, 15) is 19.5 Å². The Bertz CT molecular complexity index is 1260. The third-order valence-corrected chi connectivity index (χ3v) is 5.82. The van der Waals surface area contributed by atoms with E-state index in [-0.39, 0.29) is 47.7 Å². The maximum Gasteiger partial charge on any atom is 1.00 e. The molecule has 0 radical (unpaired) electrons. The minimum Gasteiger partial charge on any atom is -0.870 e. The maximum absolute atomic E-state index is 13.2. The first-order chi connectivity index (χ1) is 17.2. The number of aliphatic carboxylic acids is 1. The first kappa shape index (κ1) is 35.6. The first-order valence-corrected chi connectivity index (χ1v) is 12.0. The predicted octanol–water partition coefficient (Wildman–Crippen LogP) is 1.41. The van der Waals surface area contributed by atoms with E-state index in [0.717, 1.165) is 40.3 Å². The van der Waals surface area contributed by atoms with Crippen molar-refractivity contribution in [2.75, 3.05) is 23.8 Å². The average Bonchev–Trinajstić information content (AvgIpc) is 2.82. The molecule has 3 rings (SSSR count). The van der Waals surface area contributed by atoms with Gasteiger partial charge in [0.15, 0.2) is 6.04 Å². The Morgan fingerprint density at radius 2 is 1.54 bits per heavy atom. The van der Waals surface area contributed by atoms with Crippen molar-refractivity contribution in [2.24, 2.45) is 0 Å². The molecule has 0 fully saturated rings. The maximum atomic E-state index is 13.2. The van der Waals surface area contributed by atoms with Crippen molar-refractivity contribution in [3.63, 3.8) is 0 Å². The second-order valence-corrected chi connectivity index (χ2v) is 8.89. The summed E-state index contributed by atoms with van der Waals surface area (Å²) in [4.78, 5) is 37.9. The summed E-state index contributed by atoms with van der Waals surface area (Å²) in [7, 11) is 0. The number of unbranched alkanes of at least 4 members (excludes halogenated alkanes) is 1. The van der Waals surface area contributed by atoms with E-state index >= 15 is 0 Å². The molecule has 0 saturated carbocycles. The molecular formula is C28H36LiN3O7. The molecule has 0 spiro atoms. The van der Waals surface area contributed by atoms with Crippen LogP contribution >= 0.6 is 0 Å². The van der Waals surface area contributed by atoms with Gasteiger partial charge in [0.25, 0.3) is 5.91 Å². The monoisotopic (exact) mass is 533 g/mol. The van der Waals surface area contributed by atoms with Gasteiger partial charge in [-0.3, -0.25) is 4.79 Å². The molecule has 3 amide bonds. The molecule has 0 saturated heterocycles. The number of carboxylic acid groups (broad SMARTS) is 1. The smallest absolute Gasteiger partial charge is 0.870 e. The van der Waals surface area contributed by atoms with Gasteiger partial charge < -0.3 is 36.7 Å².